The summed E-state index contributed by atoms with van der Waals surface area (Å²) in [4.78, 5) is 63.3. The van der Waals surface area contributed by atoms with Crippen molar-refractivity contribution in [3.8, 4) is 0 Å². The lowest BCUT2D eigenvalue weighted by Gasteiger charge is -2.32. The zero-order valence-corrected chi connectivity index (χ0v) is 17.4. The van der Waals surface area contributed by atoms with Crippen molar-refractivity contribution in [2.24, 2.45) is 5.73 Å². The second kappa shape index (κ2) is 10.6. The maximum absolute atomic E-state index is 13.1. The van der Waals surface area contributed by atoms with Crippen LogP contribution in [-0.2, 0) is 24.0 Å². The topological polar surface area (TPSA) is 170 Å². The lowest BCUT2D eigenvalue weighted by molar-refractivity contribution is -0.152. The quantitative estimate of drug-likeness (QED) is 0.272. The average Bonchev–Trinajstić information content (AvgIpc) is 3.38. The molecule has 0 aromatic rings. The Morgan fingerprint density at radius 3 is 2.20 bits per heavy atom. The zero-order valence-electron chi connectivity index (χ0n) is 16.5. The first-order chi connectivity index (χ1) is 14.2. The van der Waals surface area contributed by atoms with Gasteiger partial charge in [-0.05, 0) is 32.1 Å². The number of nitrogens with two attached hydrogens (primary N) is 1. The second-order valence-corrected chi connectivity index (χ2v) is 7.87. The highest BCUT2D eigenvalue weighted by Crippen LogP contribution is 2.26. The van der Waals surface area contributed by atoms with Crippen molar-refractivity contribution in [3.63, 3.8) is 0 Å². The van der Waals surface area contributed by atoms with Gasteiger partial charge in [0.25, 0.3) is 0 Å². The van der Waals surface area contributed by atoms with Crippen molar-refractivity contribution in [1.29, 1.82) is 0 Å². The number of rotatable bonds is 9. The largest absolute Gasteiger partial charge is 0.481 e. The molecular formula is C18H28N4O7S. The van der Waals surface area contributed by atoms with Crippen molar-refractivity contribution >= 4 is 42.3 Å². The van der Waals surface area contributed by atoms with Crippen LogP contribution in [0.1, 0.15) is 38.5 Å². The van der Waals surface area contributed by atoms with Crippen LogP contribution in [0.3, 0.4) is 0 Å². The van der Waals surface area contributed by atoms with Crippen LogP contribution < -0.4 is 11.1 Å². The fraction of sp³-hybridized carbons (Fsp3) is 0.722. The summed E-state index contributed by atoms with van der Waals surface area (Å²) < 4.78 is 0. The minimum absolute atomic E-state index is 0.0437. The van der Waals surface area contributed by atoms with Crippen molar-refractivity contribution in [3.05, 3.63) is 0 Å². The van der Waals surface area contributed by atoms with Crippen LogP contribution in [0.4, 0.5) is 0 Å². The van der Waals surface area contributed by atoms with Gasteiger partial charge in [0, 0.05) is 25.3 Å². The summed E-state index contributed by atoms with van der Waals surface area (Å²) in [5, 5.41) is 20.8. The number of nitrogens with zero attached hydrogens (tertiary/aromatic N) is 2. The highest BCUT2D eigenvalue weighted by Gasteiger charge is 2.43. The predicted octanol–water partition coefficient (Wildman–Crippen LogP) is -1.34. The third kappa shape index (κ3) is 5.63. The molecule has 11 nitrogen and oxygen atoms in total. The highest BCUT2D eigenvalue weighted by atomic mass is 32.1. The maximum atomic E-state index is 13.1. The summed E-state index contributed by atoms with van der Waals surface area (Å²) >= 11 is 3.94. The number of aliphatic carboxylic acids is 2. The maximum Gasteiger partial charge on any atom is 0.326 e. The predicted molar refractivity (Wildman–Crippen MR) is 108 cm³/mol. The molecular weight excluding hydrogens is 416 g/mol. The zero-order chi connectivity index (χ0) is 22.4. The van der Waals surface area contributed by atoms with E-state index < -0.39 is 53.8 Å². The van der Waals surface area contributed by atoms with E-state index in [1.807, 2.05) is 0 Å². The molecule has 12 heteroatoms. The summed E-state index contributed by atoms with van der Waals surface area (Å²) in [5.41, 5.74) is 5.63. The Morgan fingerprint density at radius 2 is 1.63 bits per heavy atom. The Kier molecular flexibility index (Phi) is 8.47. The van der Waals surface area contributed by atoms with Gasteiger partial charge in [0.2, 0.25) is 17.7 Å². The van der Waals surface area contributed by atoms with Gasteiger partial charge in [0.1, 0.15) is 18.1 Å². The van der Waals surface area contributed by atoms with Gasteiger partial charge < -0.3 is 31.1 Å². The first-order valence-corrected chi connectivity index (χ1v) is 10.5. The van der Waals surface area contributed by atoms with Crippen LogP contribution in [0.15, 0.2) is 0 Å². The van der Waals surface area contributed by atoms with Crippen LogP contribution in [0.2, 0.25) is 0 Å². The van der Waals surface area contributed by atoms with Gasteiger partial charge >= 0.3 is 11.9 Å². The molecule has 2 fully saturated rings. The van der Waals surface area contributed by atoms with Crippen molar-refractivity contribution < 1.29 is 34.2 Å². The van der Waals surface area contributed by atoms with Gasteiger partial charge in [-0.1, -0.05) is 0 Å². The number of carboxylic acids is 2. The Hall–Kier alpha value is -2.34. The number of amides is 3. The first kappa shape index (κ1) is 23.9. The molecule has 0 bridgehead atoms. The second-order valence-electron chi connectivity index (χ2n) is 7.50. The minimum Gasteiger partial charge on any atom is -0.481 e. The molecule has 0 aromatic heterocycles. The van der Waals surface area contributed by atoms with E-state index in [9.17, 15) is 29.1 Å². The molecule has 0 aliphatic carbocycles. The number of nitrogens with one attached hydrogen (secondary N) is 1. The van der Waals surface area contributed by atoms with E-state index in [2.05, 4.69) is 17.9 Å². The molecule has 3 amide bonds. The third-order valence-corrected chi connectivity index (χ3v) is 5.83. The molecule has 2 saturated heterocycles. The molecule has 0 aromatic carbocycles. The fourth-order valence-corrected chi connectivity index (χ4v) is 4.02. The van der Waals surface area contributed by atoms with Gasteiger partial charge in [-0.3, -0.25) is 19.2 Å². The Labute approximate surface area is 179 Å². The number of likely N-dealkylation sites (tertiary alicyclic amines) is 2. The van der Waals surface area contributed by atoms with E-state index in [0.29, 0.717) is 32.2 Å². The highest BCUT2D eigenvalue weighted by molar-refractivity contribution is 7.80. The van der Waals surface area contributed by atoms with E-state index in [1.165, 1.54) is 9.80 Å². The number of hydrogen-bond donors (Lipinski definition) is 5. The van der Waals surface area contributed by atoms with E-state index in [0.717, 1.165) is 0 Å². The molecule has 30 heavy (non-hydrogen) atoms. The average molecular weight is 445 g/mol. The molecule has 0 saturated carbocycles. The monoisotopic (exact) mass is 444 g/mol. The SMILES string of the molecule is NC(CS)C(=O)NC(CCC(=O)O)C(=O)N1CCCC1C(=O)N1CCCC1C(=O)O. The van der Waals surface area contributed by atoms with Crippen LogP contribution >= 0.6 is 12.6 Å². The molecule has 2 aliphatic rings. The Bertz CT molecular complexity index is 704. The van der Waals surface area contributed by atoms with E-state index in [4.69, 9.17) is 10.8 Å². The van der Waals surface area contributed by atoms with Crippen LogP contribution in [0.25, 0.3) is 0 Å². The Morgan fingerprint density at radius 1 is 1.03 bits per heavy atom. The molecule has 0 spiro atoms. The van der Waals surface area contributed by atoms with Crippen LogP contribution in [0, 0.1) is 0 Å². The van der Waals surface area contributed by atoms with E-state index in [1.54, 1.807) is 0 Å². The summed E-state index contributed by atoms with van der Waals surface area (Å²) in [7, 11) is 0. The molecule has 5 N–H and O–H groups in total. The molecule has 2 heterocycles. The summed E-state index contributed by atoms with van der Waals surface area (Å²) in [6.07, 6.45) is 1.35. The summed E-state index contributed by atoms with van der Waals surface area (Å²) in [6.45, 7) is 0.573. The van der Waals surface area contributed by atoms with Gasteiger partial charge in [-0.2, -0.15) is 12.6 Å². The number of thiol groups is 1. The fourth-order valence-electron chi connectivity index (χ4n) is 3.85. The minimum atomic E-state index is -1.15. The normalized spacial score (nSPS) is 23.1. The number of carbonyl (C=O) groups excluding carboxylic acids is 3. The van der Waals surface area contributed by atoms with E-state index >= 15 is 0 Å². The number of carboxylic acid groups (broad SMARTS) is 2. The molecule has 2 aliphatic heterocycles. The van der Waals surface area contributed by atoms with Crippen molar-refractivity contribution in [2.45, 2.75) is 62.7 Å². The molecule has 4 unspecified atom stereocenters. The molecule has 168 valence electrons. The molecule has 4 atom stereocenters. The van der Waals surface area contributed by atoms with Crippen molar-refractivity contribution in [1.82, 2.24) is 15.1 Å². The Balaban J connectivity index is 2.16. The lowest BCUT2D eigenvalue weighted by atomic mass is 10.1. The molecule has 0 radical (unpaired) electrons. The van der Waals surface area contributed by atoms with Gasteiger partial charge in [-0.15, -0.1) is 0 Å². The van der Waals surface area contributed by atoms with E-state index in [-0.39, 0.29) is 25.1 Å². The van der Waals surface area contributed by atoms with Crippen LogP contribution in [-0.4, -0.2) is 92.7 Å². The standard InChI is InChI=1S/C18H28N4O7S/c19-10(9-30)15(25)20-11(5-6-14(23)24)16(26)21-7-1-3-12(21)17(27)22-8-2-4-13(22)18(28)29/h10-13,30H,1-9,19H2,(H,20,25)(H,23,24)(H,28,29). The van der Waals surface area contributed by atoms with Crippen molar-refractivity contribution in [2.75, 3.05) is 18.8 Å². The van der Waals surface area contributed by atoms with Gasteiger partial charge in [0.05, 0.1) is 6.04 Å². The summed E-state index contributed by atoms with van der Waals surface area (Å²) in [5.74, 6) is -3.80. The van der Waals surface area contributed by atoms with Gasteiger partial charge in [-0.25, -0.2) is 4.79 Å². The number of hydrogen-bond acceptors (Lipinski definition) is 7. The van der Waals surface area contributed by atoms with Gasteiger partial charge in [0.15, 0.2) is 0 Å². The lowest BCUT2D eigenvalue weighted by Crippen LogP contribution is -2.57. The smallest absolute Gasteiger partial charge is 0.326 e. The number of carbonyl (C=O) groups is 5. The summed E-state index contributed by atoms with van der Waals surface area (Å²) in [6, 6.07) is -3.86. The first-order valence-electron chi connectivity index (χ1n) is 9.89. The van der Waals surface area contributed by atoms with Crippen LogP contribution in [0.5, 0.6) is 0 Å². The third-order valence-electron chi connectivity index (χ3n) is 5.44. The molecule has 2 rings (SSSR count).